The van der Waals surface area contributed by atoms with Crippen LogP contribution < -0.4 is 5.32 Å². The summed E-state index contributed by atoms with van der Waals surface area (Å²) in [5.74, 6) is -0.227. The Morgan fingerprint density at radius 1 is 1.08 bits per heavy atom. The maximum Gasteiger partial charge on any atom is 0.216 e. The van der Waals surface area contributed by atoms with Crippen LogP contribution in [-0.4, -0.2) is 17.4 Å². The highest BCUT2D eigenvalue weighted by Gasteiger charge is 2.06. The molecule has 0 spiro atoms. The van der Waals surface area contributed by atoms with Crippen LogP contribution in [0.25, 0.3) is 11.3 Å². The van der Waals surface area contributed by atoms with Gasteiger partial charge in [-0.3, -0.25) is 4.79 Å². The van der Waals surface area contributed by atoms with E-state index in [9.17, 15) is 9.18 Å². The highest BCUT2D eigenvalue weighted by atomic mass is 32.1. The first-order chi connectivity index (χ1) is 12.1. The van der Waals surface area contributed by atoms with E-state index in [1.807, 2.05) is 5.38 Å². The van der Waals surface area contributed by atoms with Gasteiger partial charge in [0.25, 0.3) is 0 Å². The van der Waals surface area contributed by atoms with Gasteiger partial charge < -0.3 is 5.32 Å². The van der Waals surface area contributed by atoms with Crippen molar-refractivity contribution in [3.05, 3.63) is 75.9 Å². The first-order valence-corrected chi connectivity index (χ1v) is 9.01. The summed E-state index contributed by atoms with van der Waals surface area (Å²) < 4.78 is 13.0. The normalized spacial score (nSPS) is 10.6. The van der Waals surface area contributed by atoms with Crippen LogP contribution >= 0.6 is 11.3 Å². The Balaban J connectivity index is 1.63. The van der Waals surface area contributed by atoms with Gasteiger partial charge in [-0.2, -0.15) is 0 Å². The summed E-state index contributed by atoms with van der Waals surface area (Å²) >= 11 is 1.61. The van der Waals surface area contributed by atoms with Crippen molar-refractivity contribution in [2.75, 3.05) is 6.54 Å². The zero-order chi connectivity index (χ0) is 17.6. The van der Waals surface area contributed by atoms with Crippen molar-refractivity contribution in [1.29, 1.82) is 0 Å². The Morgan fingerprint density at radius 3 is 2.44 bits per heavy atom. The van der Waals surface area contributed by atoms with Crippen LogP contribution in [0.2, 0.25) is 0 Å². The van der Waals surface area contributed by atoms with Crippen molar-refractivity contribution < 1.29 is 9.18 Å². The van der Waals surface area contributed by atoms with Crippen LogP contribution in [0.3, 0.4) is 0 Å². The van der Waals surface area contributed by atoms with E-state index in [0.29, 0.717) is 13.0 Å². The summed E-state index contributed by atoms with van der Waals surface area (Å²) in [7, 11) is 0. The molecule has 1 amide bonds. The molecule has 1 N–H and O–H groups in total. The predicted molar refractivity (Wildman–Crippen MR) is 99.1 cm³/mol. The summed E-state index contributed by atoms with van der Waals surface area (Å²) in [5.41, 5.74) is 4.26. The molecule has 0 fully saturated rings. The van der Waals surface area contributed by atoms with E-state index in [1.54, 1.807) is 23.5 Å². The van der Waals surface area contributed by atoms with Gasteiger partial charge in [-0.15, -0.1) is 11.3 Å². The van der Waals surface area contributed by atoms with Crippen molar-refractivity contribution in [3.63, 3.8) is 0 Å². The number of amides is 1. The van der Waals surface area contributed by atoms with Crippen LogP contribution in [0.4, 0.5) is 4.39 Å². The number of hydrogen-bond acceptors (Lipinski definition) is 3. The molecular formula is C20H19FN2OS. The fourth-order valence-electron chi connectivity index (χ4n) is 2.53. The lowest BCUT2D eigenvalue weighted by molar-refractivity contribution is -0.118. The molecule has 0 aliphatic heterocycles. The minimum atomic E-state index is -0.220. The molecule has 3 aromatic rings. The summed E-state index contributed by atoms with van der Waals surface area (Å²) in [6.45, 7) is 2.17. The molecule has 3 rings (SSSR count). The lowest BCUT2D eigenvalue weighted by Crippen LogP contribution is -2.22. The van der Waals surface area contributed by atoms with Gasteiger partial charge in [-0.05, 0) is 29.7 Å². The molecule has 1 aromatic heterocycles. The highest BCUT2D eigenvalue weighted by molar-refractivity contribution is 7.10. The number of benzene rings is 2. The summed E-state index contributed by atoms with van der Waals surface area (Å²) in [5, 5.41) is 5.85. The van der Waals surface area contributed by atoms with Gasteiger partial charge in [0.15, 0.2) is 0 Å². The lowest BCUT2D eigenvalue weighted by Gasteiger charge is -2.04. The number of hydrogen-bond donors (Lipinski definition) is 1. The van der Waals surface area contributed by atoms with E-state index < -0.39 is 0 Å². The van der Waals surface area contributed by atoms with Crippen molar-refractivity contribution in [2.45, 2.75) is 19.8 Å². The highest BCUT2D eigenvalue weighted by Crippen LogP contribution is 2.24. The zero-order valence-corrected chi connectivity index (χ0v) is 14.8. The van der Waals surface area contributed by atoms with E-state index in [1.165, 1.54) is 24.6 Å². The number of carbonyl (C=O) groups excluding carboxylic acids is 1. The van der Waals surface area contributed by atoms with E-state index >= 15 is 0 Å². The molecule has 0 atom stereocenters. The second kappa shape index (κ2) is 8.03. The second-order valence-electron chi connectivity index (χ2n) is 5.86. The van der Waals surface area contributed by atoms with Gasteiger partial charge >= 0.3 is 0 Å². The van der Waals surface area contributed by atoms with Gasteiger partial charge in [0.2, 0.25) is 5.91 Å². The Kier molecular flexibility index (Phi) is 5.56. The Labute approximate surface area is 150 Å². The third-order valence-electron chi connectivity index (χ3n) is 3.86. The van der Waals surface area contributed by atoms with Crippen LogP contribution in [0.1, 0.15) is 23.1 Å². The number of halogens is 1. The molecule has 1 heterocycles. The molecule has 0 saturated carbocycles. The molecule has 0 unspecified atom stereocenters. The molecule has 3 nitrogen and oxygen atoms in total. The Bertz CT molecular complexity index is 841. The van der Waals surface area contributed by atoms with Crippen LogP contribution in [0.5, 0.6) is 0 Å². The van der Waals surface area contributed by atoms with Gasteiger partial charge in [0, 0.05) is 30.8 Å². The molecule has 128 valence electrons. The van der Waals surface area contributed by atoms with Crippen LogP contribution in [-0.2, 0) is 17.6 Å². The fraction of sp³-hybridized carbons (Fsp3) is 0.200. The number of nitrogens with one attached hydrogen (secondary N) is 1. The molecule has 0 bridgehead atoms. The summed E-state index contributed by atoms with van der Waals surface area (Å²) in [6.07, 6.45) is 1.52. The molecular weight excluding hydrogens is 335 g/mol. The average Bonchev–Trinajstić information content (AvgIpc) is 3.06. The minimum Gasteiger partial charge on any atom is -0.356 e. The number of thiazole rings is 1. The van der Waals surface area contributed by atoms with Gasteiger partial charge in [0.05, 0.1) is 10.7 Å². The fourth-order valence-corrected chi connectivity index (χ4v) is 3.36. The molecule has 0 aliphatic rings. The maximum absolute atomic E-state index is 13.0. The standard InChI is InChI=1S/C20H19FN2OS/c1-14(24)22-11-10-15-2-6-17(7-3-15)19-13-25-20(23-19)12-16-4-8-18(21)9-5-16/h2-9,13H,10-12H2,1H3,(H,22,24). The number of carbonyl (C=O) groups is 1. The second-order valence-corrected chi connectivity index (χ2v) is 6.80. The maximum atomic E-state index is 13.0. The third-order valence-corrected chi connectivity index (χ3v) is 4.71. The minimum absolute atomic E-state index is 0.00669. The first kappa shape index (κ1) is 17.3. The van der Waals surface area contributed by atoms with Gasteiger partial charge in [-0.1, -0.05) is 36.4 Å². The van der Waals surface area contributed by atoms with Gasteiger partial charge in [-0.25, -0.2) is 9.37 Å². The van der Waals surface area contributed by atoms with Crippen LogP contribution in [0, 0.1) is 5.82 Å². The lowest BCUT2D eigenvalue weighted by atomic mass is 10.1. The summed E-state index contributed by atoms with van der Waals surface area (Å²) in [6, 6.07) is 14.8. The number of rotatable bonds is 6. The summed E-state index contributed by atoms with van der Waals surface area (Å²) in [4.78, 5) is 15.6. The molecule has 25 heavy (non-hydrogen) atoms. The SMILES string of the molecule is CC(=O)NCCc1ccc(-c2csc(Cc3ccc(F)cc3)n2)cc1. The van der Waals surface area contributed by atoms with E-state index in [2.05, 4.69) is 34.6 Å². The largest absolute Gasteiger partial charge is 0.356 e. The Morgan fingerprint density at radius 2 is 1.76 bits per heavy atom. The van der Waals surface area contributed by atoms with Crippen molar-refractivity contribution >= 4 is 17.2 Å². The van der Waals surface area contributed by atoms with Crippen molar-refractivity contribution in [2.24, 2.45) is 0 Å². The van der Waals surface area contributed by atoms with Crippen molar-refractivity contribution in [1.82, 2.24) is 10.3 Å². The van der Waals surface area contributed by atoms with Gasteiger partial charge in [0.1, 0.15) is 5.82 Å². The third kappa shape index (κ3) is 4.97. The monoisotopic (exact) mass is 354 g/mol. The molecule has 2 aromatic carbocycles. The Hall–Kier alpha value is -2.53. The van der Waals surface area contributed by atoms with Crippen LogP contribution in [0.15, 0.2) is 53.9 Å². The van der Waals surface area contributed by atoms with E-state index in [4.69, 9.17) is 0 Å². The topological polar surface area (TPSA) is 42.0 Å². The first-order valence-electron chi connectivity index (χ1n) is 8.13. The predicted octanol–water partition coefficient (Wildman–Crippen LogP) is 4.22. The van der Waals surface area contributed by atoms with E-state index in [0.717, 1.165) is 28.2 Å². The quantitative estimate of drug-likeness (QED) is 0.720. The zero-order valence-electron chi connectivity index (χ0n) is 14.0. The molecule has 0 aliphatic carbocycles. The average molecular weight is 354 g/mol. The number of aromatic nitrogens is 1. The molecule has 0 radical (unpaired) electrons. The van der Waals surface area contributed by atoms with E-state index in [-0.39, 0.29) is 11.7 Å². The number of nitrogens with zero attached hydrogens (tertiary/aromatic N) is 1. The molecule has 5 heteroatoms. The smallest absolute Gasteiger partial charge is 0.216 e. The van der Waals surface area contributed by atoms with Crippen molar-refractivity contribution in [3.8, 4) is 11.3 Å². The molecule has 0 saturated heterocycles.